The lowest BCUT2D eigenvalue weighted by atomic mass is 9.82. The standard InChI is InChI=1S/C14H13Br2NO2/c15-10-7-11(19-14(10)16)13(18)9-5-1-3-8-4-2-6-17-12(8)9/h2,4,6-7,9,13,18H,1,3,5H2. The number of hydrogen-bond donors (Lipinski definition) is 1. The van der Waals surface area contributed by atoms with Gasteiger partial charge in [-0.1, -0.05) is 6.07 Å². The van der Waals surface area contributed by atoms with E-state index < -0.39 is 6.10 Å². The zero-order chi connectivity index (χ0) is 13.4. The molecule has 19 heavy (non-hydrogen) atoms. The summed E-state index contributed by atoms with van der Waals surface area (Å²) in [5, 5.41) is 10.6. The normalized spacial score (nSPS) is 20.1. The number of halogens is 2. The number of aliphatic hydroxyl groups is 1. The molecule has 2 aromatic rings. The van der Waals surface area contributed by atoms with Gasteiger partial charge in [-0.05, 0) is 68.8 Å². The molecule has 2 aromatic heterocycles. The topological polar surface area (TPSA) is 46.3 Å². The van der Waals surface area contributed by atoms with E-state index in [9.17, 15) is 5.11 Å². The fourth-order valence-electron chi connectivity index (χ4n) is 2.66. The Bertz CT molecular complexity index is 577. The predicted octanol–water partition coefficient (Wildman–Crippen LogP) is 4.35. The van der Waals surface area contributed by atoms with Crippen LogP contribution in [0.25, 0.3) is 0 Å². The van der Waals surface area contributed by atoms with Gasteiger partial charge in [0.15, 0.2) is 4.67 Å². The Morgan fingerprint density at radius 2 is 2.26 bits per heavy atom. The summed E-state index contributed by atoms with van der Waals surface area (Å²) in [5.41, 5.74) is 2.24. The summed E-state index contributed by atoms with van der Waals surface area (Å²) in [6, 6.07) is 5.86. The van der Waals surface area contributed by atoms with Crippen LogP contribution in [0, 0.1) is 0 Å². The smallest absolute Gasteiger partial charge is 0.183 e. The molecule has 0 amide bonds. The average Bonchev–Trinajstić information content (AvgIpc) is 2.77. The molecule has 1 aliphatic carbocycles. The summed E-state index contributed by atoms with van der Waals surface area (Å²) < 4.78 is 6.96. The van der Waals surface area contributed by atoms with Gasteiger partial charge < -0.3 is 9.52 Å². The Morgan fingerprint density at radius 1 is 1.42 bits per heavy atom. The number of furan rings is 1. The molecule has 0 radical (unpaired) electrons. The van der Waals surface area contributed by atoms with Crippen molar-refractivity contribution in [2.24, 2.45) is 0 Å². The second kappa shape index (κ2) is 5.38. The Labute approximate surface area is 128 Å². The molecular formula is C14H13Br2NO2. The third-order valence-electron chi connectivity index (χ3n) is 3.58. The molecule has 1 N–H and O–H groups in total. The Hall–Kier alpha value is -0.650. The van der Waals surface area contributed by atoms with E-state index in [2.05, 4.69) is 42.9 Å². The van der Waals surface area contributed by atoms with Crippen molar-refractivity contribution in [3.63, 3.8) is 0 Å². The summed E-state index contributed by atoms with van der Waals surface area (Å²) in [5.74, 6) is 0.581. The van der Waals surface area contributed by atoms with Gasteiger partial charge in [-0.2, -0.15) is 0 Å². The van der Waals surface area contributed by atoms with Crippen molar-refractivity contribution in [1.82, 2.24) is 4.98 Å². The Balaban J connectivity index is 1.95. The van der Waals surface area contributed by atoms with Crippen molar-refractivity contribution in [2.45, 2.75) is 31.3 Å². The molecule has 0 spiro atoms. The predicted molar refractivity (Wildman–Crippen MR) is 79.0 cm³/mol. The molecule has 5 heteroatoms. The van der Waals surface area contributed by atoms with E-state index in [0.29, 0.717) is 10.4 Å². The van der Waals surface area contributed by atoms with Gasteiger partial charge in [0.2, 0.25) is 0 Å². The second-order valence-corrected chi connectivity index (χ2v) is 6.34. The SMILES string of the molecule is OC(c1cc(Br)c(Br)o1)C1CCCc2cccnc21. The Morgan fingerprint density at radius 3 is 3.00 bits per heavy atom. The van der Waals surface area contributed by atoms with Gasteiger partial charge in [0.25, 0.3) is 0 Å². The minimum atomic E-state index is -0.656. The second-order valence-electron chi connectivity index (χ2n) is 4.76. The van der Waals surface area contributed by atoms with Gasteiger partial charge in [0.1, 0.15) is 11.9 Å². The van der Waals surface area contributed by atoms with E-state index >= 15 is 0 Å². The lowest BCUT2D eigenvalue weighted by Crippen LogP contribution is -2.18. The average molecular weight is 387 g/mol. The lowest BCUT2D eigenvalue weighted by molar-refractivity contribution is 0.109. The van der Waals surface area contributed by atoms with Crippen LogP contribution in [0.3, 0.4) is 0 Å². The first kappa shape index (κ1) is 13.3. The highest BCUT2D eigenvalue weighted by atomic mass is 79.9. The fraction of sp³-hybridized carbons (Fsp3) is 0.357. The highest BCUT2D eigenvalue weighted by Gasteiger charge is 2.31. The van der Waals surface area contributed by atoms with Crippen LogP contribution in [0.2, 0.25) is 0 Å². The van der Waals surface area contributed by atoms with Gasteiger partial charge in [-0.15, -0.1) is 0 Å². The third kappa shape index (κ3) is 2.51. The summed E-state index contributed by atoms with van der Waals surface area (Å²) in [6.45, 7) is 0. The van der Waals surface area contributed by atoms with Crippen molar-refractivity contribution < 1.29 is 9.52 Å². The number of pyridine rings is 1. The van der Waals surface area contributed by atoms with E-state index in [1.807, 2.05) is 12.1 Å². The van der Waals surface area contributed by atoms with E-state index in [0.717, 1.165) is 29.4 Å². The molecule has 0 aliphatic heterocycles. The van der Waals surface area contributed by atoms with Crippen molar-refractivity contribution >= 4 is 31.9 Å². The number of hydrogen-bond acceptors (Lipinski definition) is 3. The van der Waals surface area contributed by atoms with Crippen molar-refractivity contribution in [3.05, 3.63) is 50.6 Å². The highest BCUT2D eigenvalue weighted by molar-refractivity contribution is 9.13. The van der Waals surface area contributed by atoms with E-state index in [4.69, 9.17) is 4.42 Å². The molecule has 2 atom stereocenters. The van der Waals surface area contributed by atoms with Crippen LogP contribution in [0.4, 0.5) is 0 Å². The summed E-state index contributed by atoms with van der Waals surface area (Å²) in [4.78, 5) is 4.45. The van der Waals surface area contributed by atoms with E-state index in [1.165, 1.54) is 5.56 Å². The van der Waals surface area contributed by atoms with Crippen LogP contribution in [-0.2, 0) is 6.42 Å². The van der Waals surface area contributed by atoms with E-state index in [-0.39, 0.29) is 5.92 Å². The monoisotopic (exact) mass is 385 g/mol. The first-order valence-corrected chi connectivity index (χ1v) is 7.82. The quantitative estimate of drug-likeness (QED) is 0.834. The third-order valence-corrected chi connectivity index (χ3v) is 5.29. The molecule has 3 rings (SSSR count). The molecule has 3 nitrogen and oxygen atoms in total. The van der Waals surface area contributed by atoms with Gasteiger partial charge in [0.05, 0.1) is 4.47 Å². The van der Waals surface area contributed by atoms with Crippen LogP contribution in [0.15, 0.2) is 38.0 Å². The van der Waals surface area contributed by atoms with Crippen LogP contribution in [-0.4, -0.2) is 10.1 Å². The largest absolute Gasteiger partial charge is 0.450 e. The summed E-state index contributed by atoms with van der Waals surface area (Å²) in [6.07, 6.45) is 4.18. The van der Waals surface area contributed by atoms with E-state index in [1.54, 1.807) is 6.20 Å². The summed E-state index contributed by atoms with van der Waals surface area (Å²) in [7, 11) is 0. The number of rotatable bonds is 2. The molecule has 0 fully saturated rings. The molecule has 2 unspecified atom stereocenters. The van der Waals surface area contributed by atoms with Gasteiger partial charge in [-0.25, -0.2) is 0 Å². The number of nitrogens with zero attached hydrogens (tertiary/aromatic N) is 1. The van der Waals surface area contributed by atoms with Gasteiger partial charge in [-0.3, -0.25) is 4.98 Å². The molecule has 100 valence electrons. The zero-order valence-corrected chi connectivity index (χ0v) is 13.3. The maximum atomic E-state index is 10.6. The van der Waals surface area contributed by atoms with Crippen LogP contribution >= 0.6 is 31.9 Å². The Kier molecular flexibility index (Phi) is 3.78. The molecule has 0 aromatic carbocycles. The molecule has 2 heterocycles. The van der Waals surface area contributed by atoms with Crippen LogP contribution in [0.1, 0.15) is 41.9 Å². The maximum absolute atomic E-state index is 10.6. The first-order valence-electron chi connectivity index (χ1n) is 6.23. The minimum Gasteiger partial charge on any atom is -0.450 e. The number of aromatic nitrogens is 1. The van der Waals surface area contributed by atoms with Gasteiger partial charge in [0, 0.05) is 17.8 Å². The number of aryl methyl sites for hydroxylation is 1. The molecular weight excluding hydrogens is 374 g/mol. The van der Waals surface area contributed by atoms with Crippen molar-refractivity contribution in [3.8, 4) is 0 Å². The molecule has 1 aliphatic rings. The van der Waals surface area contributed by atoms with Crippen LogP contribution < -0.4 is 0 Å². The number of fused-ring (bicyclic) bond motifs is 1. The maximum Gasteiger partial charge on any atom is 0.183 e. The van der Waals surface area contributed by atoms with Crippen molar-refractivity contribution in [2.75, 3.05) is 0 Å². The molecule has 0 saturated heterocycles. The molecule has 0 bridgehead atoms. The highest BCUT2D eigenvalue weighted by Crippen LogP contribution is 2.41. The van der Waals surface area contributed by atoms with Crippen molar-refractivity contribution in [1.29, 1.82) is 0 Å². The fourth-order valence-corrected chi connectivity index (χ4v) is 3.27. The summed E-state index contributed by atoms with van der Waals surface area (Å²) >= 11 is 6.67. The first-order chi connectivity index (χ1) is 9.16. The molecule has 0 saturated carbocycles. The minimum absolute atomic E-state index is 0.00917. The van der Waals surface area contributed by atoms with Crippen LogP contribution in [0.5, 0.6) is 0 Å². The lowest BCUT2D eigenvalue weighted by Gasteiger charge is -2.27. The zero-order valence-electron chi connectivity index (χ0n) is 10.1. The van der Waals surface area contributed by atoms with Gasteiger partial charge >= 0.3 is 0 Å². The number of aliphatic hydroxyl groups excluding tert-OH is 1.